The fourth-order valence-electron chi connectivity index (χ4n) is 3.13. The van der Waals surface area contributed by atoms with Crippen LogP contribution in [0.5, 0.6) is 5.75 Å². The number of hydrazine groups is 1. The number of nitrogens with zero attached hydrogens (tertiary/aromatic N) is 2. The number of ether oxygens (including phenoxy) is 1. The molecule has 4 aromatic rings. The van der Waals surface area contributed by atoms with Gasteiger partial charge in [0.25, 0.3) is 5.91 Å². The summed E-state index contributed by atoms with van der Waals surface area (Å²) in [7, 11) is 0. The van der Waals surface area contributed by atoms with Gasteiger partial charge in [-0.05, 0) is 24.3 Å². The van der Waals surface area contributed by atoms with Gasteiger partial charge in [0.05, 0.1) is 24.3 Å². The van der Waals surface area contributed by atoms with Gasteiger partial charge in [0.15, 0.2) is 11.6 Å². The molecule has 0 radical (unpaired) electrons. The first-order chi connectivity index (χ1) is 16.1. The van der Waals surface area contributed by atoms with Gasteiger partial charge in [-0.1, -0.05) is 60.7 Å². The Morgan fingerprint density at radius 3 is 2.27 bits per heavy atom. The third kappa shape index (κ3) is 5.43. The molecule has 4 rings (SSSR count). The van der Waals surface area contributed by atoms with E-state index in [-0.39, 0.29) is 18.8 Å². The van der Waals surface area contributed by atoms with E-state index in [1.54, 1.807) is 23.0 Å². The Morgan fingerprint density at radius 1 is 0.879 bits per heavy atom. The van der Waals surface area contributed by atoms with Gasteiger partial charge in [0.2, 0.25) is 5.91 Å². The standard InChI is InChI=1S/C25H21FN4O3/c26-21-13-7-8-14-22(21)33-16-15-23(31)27-28-25(32)20-17-30(19-11-5-2-6-12-19)29-24(20)18-9-3-1-4-10-18/h1-14,17H,15-16H2,(H,27,31)(H,28,32). The lowest BCUT2D eigenvalue weighted by Gasteiger charge is -2.09. The molecule has 0 saturated carbocycles. The topological polar surface area (TPSA) is 85.3 Å². The fraction of sp³-hybridized carbons (Fsp3) is 0.0800. The van der Waals surface area contributed by atoms with E-state index in [4.69, 9.17) is 4.74 Å². The van der Waals surface area contributed by atoms with Crippen LogP contribution in [0.4, 0.5) is 4.39 Å². The highest BCUT2D eigenvalue weighted by Gasteiger charge is 2.19. The zero-order valence-electron chi connectivity index (χ0n) is 17.6. The molecule has 0 saturated heterocycles. The first-order valence-electron chi connectivity index (χ1n) is 10.3. The molecule has 0 fully saturated rings. The second kappa shape index (κ2) is 10.2. The van der Waals surface area contributed by atoms with E-state index in [0.717, 1.165) is 11.3 Å². The molecule has 0 atom stereocenters. The molecule has 0 unspecified atom stereocenters. The molecule has 0 bridgehead atoms. The number of nitrogens with one attached hydrogen (secondary N) is 2. The van der Waals surface area contributed by atoms with E-state index in [1.165, 1.54) is 12.1 Å². The first-order valence-corrected chi connectivity index (χ1v) is 10.3. The average Bonchev–Trinajstić information content (AvgIpc) is 3.31. The van der Waals surface area contributed by atoms with Crippen LogP contribution in [0.15, 0.2) is 91.1 Å². The van der Waals surface area contributed by atoms with Crippen LogP contribution in [0.2, 0.25) is 0 Å². The molecule has 8 heteroatoms. The molecule has 1 aromatic heterocycles. The minimum Gasteiger partial charge on any atom is -0.490 e. The lowest BCUT2D eigenvalue weighted by Crippen LogP contribution is -2.42. The third-order valence-electron chi connectivity index (χ3n) is 4.77. The normalized spacial score (nSPS) is 10.5. The van der Waals surface area contributed by atoms with Crippen LogP contribution in [-0.4, -0.2) is 28.2 Å². The zero-order valence-corrected chi connectivity index (χ0v) is 17.6. The number of hydrogen-bond donors (Lipinski definition) is 2. The summed E-state index contributed by atoms with van der Waals surface area (Å²) in [5, 5.41) is 4.58. The minimum absolute atomic E-state index is 0.0379. The number of carbonyl (C=O) groups is 2. The summed E-state index contributed by atoms with van der Waals surface area (Å²) in [4.78, 5) is 25.0. The lowest BCUT2D eigenvalue weighted by atomic mass is 10.1. The molecule has 33 heavy (non-hydrogen) atoms. The number of halogens is 1. The van der Waals surface area contributed by atoms with Gasteiger partial charge >= 0.3 is 0 Å². The van der Waals surface area contributed by atoms with Crippen molar-refractivity contribution in [2.45, 2.75) is 6.42 Å². The third-order valence-corrected chi connectivity index (χ3v) is 4.77. The Balaban J connectivity index is 1.42. The Bertz CT molecular complexity index is 1240. The van der Waals surface area contributed by atoms with E-state index in [1.807, 2.05) is 60.7 Å². The van der Waals surface area contributed by atoms with Crippen LogP contribution in [-0.2, 0) is 4.79 Å². The minimum atomic E-state index is -0.514. The average molecular weight is 444 g/mol. The van der Waals surface area contributed by atoms with Gasteiger partial charge in [-0.25, -0.2) is 9.07 Å². The van der Waals surface area contributed by atoms with Crippen molar-refractivity contribution in [3.63, 3.8) is 0 Å². The number of rotatable bonds is 7. The highest BCUT2D eigenvalue weighted by Crippen LogP contribution is 2.23. The molecule has 0 aliphatic heterocycles. The van der Waals surface area contributed by atoms with Crippen LogP contribution < -0.4 is 15.6 Å². The number of amides is 2. The maximum Gasteiger partial charge on any atom is 0.273 e. The Morgan fingerprint density at radius 2 is 1.55 bits per heavy atom. The van der Waals surface area contributed by atoms with Gasteiger partial charge in [-0.2, -0.15) is 5.10 Å². The van der Waals surface area contributed by atoms with E-state index >= 15 is 0 Å². The number of para-hydroxylation sites is 2. The van der Waals surface area contributed by atoms with Gasteiger partial charge < -0.3 is 4.74 Å². The van der Waals surface area contributed by atoms with Crippen molar-refractivity contribution in [1.29, 1.82) is 0 Å². The van der Waals surface area contributed by atoms with Crippen LogP contribution >= 0.6 is 0 Å². The van der Waals surface area contributed by atoms with Gasteiger partial charge in [0.1, 0.15) is 5.69 Å². The van der Waals surface area contributed by atoms with Crippen molar-refractivity contribution in [2.75, 3.05) is 6.61 Å². The summed E-state index contributed by atoms with van der Waals surface area (Å²) >= 11 is 0. The molecule has 1 heterocycles. The SMILES string of the molecule is O=C(CCOc1ccccc1F)NNC(=O)c1cn(-c2ccccc2)nc1-c1ccccc1. The zero-order chi connectivity index (χ0) is 23.0. The molecule has 166 valence electrons. The molecule has 3 aromatic carbocycles. The van der Waals surface area contributed by atoms with Gasteiger partial charge in [-0.3, -0.25) is 20.4 Å². The summed E-state index contributed by atoms with van der Waals surface area (Å²) in [6, 6.07) is 24.6. The van der Waals surface area contributed by atoms with Crippen LogP contribution in [0.1, 0.15) is 16.8 Å². The maximum atomic E-state index is 13.6. The van der Waals surface area contributed by atoms with Crippen molar-refractivity contribution in [1.82, 2.24) is 20.6 Å². The second-order valence-corrected chi connectivity index (χ2v) is 7.07. The van der Waals surface area contributed by atoms with Gasteiger partial charge in [-0.15, -0.1) is 0 Å². The van der Waals surface area contributed by atoms with Crippen LogP contribution in [0.25, 0.3) is 16.9 Å². The molecular formula is C25H21FN4O3. The van der Waals surface area contributed by atoms with Crippen molar-refractivity contribution in [3.05, 3.63) is 103 Å². The Kier molecular flexibility index (Phi) is 6.75. The number of aromatic nitrogens is 2. The molecule has 2 amide bonds. The summed E-state index contributed by atoms with van der Waals surface area (Å²) < 4.78 is 20.4. The smallest absolute Gasteiger partial charge is 0.273 e. The fourth-order valence-corrected chi connectivity index (χ4v) is 3.13. The highest BCUT2D eigenvalue weighted by atomic mass is 19.1. The summed E-state index contributed by atoms with van der Waals surface area (Å²) in [5.41, 5.74) is 7.11. The summed E-state index contributed by atoms with van der Waals surface area (Å²) in [6.45, 7) is -0.0379. The molecule has 0 spiro atoms. The predicted octanol–water partition coefficient (Wildman–Crippen LogP) is 3.91. The maximum absolute atomic E-state index is 13.6. The number of hydrogen-bond acceptors (Lipinski definition) is 4. The van der Waals surface area contributed by atoms with Crippen LogP contribution in [0.3, 0.4) is 0 Å². The molecule has 0 aliphatic rings. The largest absolute Gasteiger partial charge is 0.490 e. The number of benzene rings is 3. The Labute approximate surface area is 189 Å². The first kappa shape index (κ1) is 21.8. The summed E-state index contributed by atoms with van der Waals surface area (Å²) in [6.07, 6.45) is 1.55. The van der Waals surface area contributed by atoms with E-state index < -0.39 is 17.6 Å². The molecule has 2 N–H and O–H groups in total. The lowest BCUT2D eigenvalue weighted by molar-refractivity contribution is -0.122. The Hall–Kier alpha value is -4.46. The predicted molar refractivity (Wildman–Crippen MR) is 121 cm³/mol. The van der Waals surface area contributed by atoms with Crippen LogP contribution in [0, 0.1) is 5.82 Å². The van der Waals surface area contributed by atoms with Gasteiger partial charge in [0, 0.05) is 11.8 Å². The second-order valence-electron chi connectivity index (χ2n) is 7.07. The molecule has 0 aliphatic carbocycles. The summed E-state index contributed by atoms with van der Waals surface area (Å²) in [5.74, 6) is -1.43. The van der Waals surface area contributed by atoms with Crippen molar-refractivity contribution in [3.8, 4) is 22.7 Å². The molecule has 7 nitrogen and oxygen atoms in total. The quantitative estimate of drug-likeness (QED) is 0.423. The van der Waals surface area contributed by atoms with E-state index in [0.29, 0.717) is 11.3 Å². The molecular weight excluding hydrogens is 423 g/mol. The van der Waals surface area contributed by atoms with Crippen molar-refractivity contribution < 1.29 is 18.7 Å². The van der Waals surface area contributed by atoms with Crippen molar-refractivity contribution >= 4 is 11.8 Å². The highest BCUT2D eigenvalue weighted by molar-refractivity contribution is 6.00. The number of carbonyl (C=O) groups excluding carboxylic acids is 2. The van der Waals surface area contributed by atoms with Crippen molar-refractivity contribution in [2.24, 2.45) is 0 Å². The monoisotopic (exact) mass is 444 g/mol. The van der Waals surface area contributed by atoms with E-state index in [9.17, 15) is 14.0 Å². The van der Waals surface area contributed by atoms with E-state index in [2.05, 4.69) is 16.0 Å².